The zero-order chi connectivity index (χ0) is 22.5. The Morgan fingerprint density at radius 3 is 2.36 bits per heavy atom. The van der Waals surface area contributed by atoms with Gasteiger partial charge in [-0.15, -0.1) is 21.5 Å². The Bertz CT molecular complexity index is 864. The molecule has 5 rings (SSSR count). The number of hydrogen-bond acceptors (Lipinski definition) is 6. The van der Waals surface area contributed by atoms with E-state index in [9.17, 15) is 4.79 Å². The van der Waals surface area contributed by atoms with Gasteiger partial charge in [-0.1, -0.05) is 56.4 Å². The van der Waals surface area contributed by atoms with Crippen LogP contribution in [0, 0.1) is 0 Å². The molecule has 2 aromatic rings. The maximum Gasteiger partial charge on any atom is 0.233 e. The predicted octanol–water partition coefficient (Wildman–Crippen LogP) is 5.77. The molecule has 1 saturated heterocycles. The maximum atomic E-state index is 13.6. The van der Waals surface area contributed by atoms with Gasteiger partial charge in [0.25, 0.3) is 0 Å². The average Bonchev–Trinajstić information content (AvgIpc) is 3.63. The Hall–Kier alpha value is -1.38. The molecule has 3 aliphatic rings. The van der Waals surface area contributed by atoms with Crippen LogP contribution >= 0.6 is 23.1 Å². The summed E-state index contributed by atoms with van der Waals surface area (Å²) < 4.78 is 8.10. The Morgan fingerprint density at radius 1 is 1.03 bits per heavy atom. The molecule has 2 aliphatic carbocycles. The van der Waals surface area contributed by atoms with Crippen LogP contribution in [0.4, 0.5) is 0 Å². The van der Waals surface area contributed by atoms with Crippen LogP contribution in [0.25, 0.3) is 10.7 Å². The number of thioether (sulfide) groups is 1. The Morgan fingerprint density at radius 2 is 1.76 bits per heavy atom. The van der Waals surface area contributed by atoms with Gasteiger partial charge in [0.2, 0.25) is 5.91 Å². The van der Waals surface area contributed by atoms with Crippen molar-refractivity contribution in [3.8, 4) is 10.7 Å². The SMILES string of the molecule is O=C(CSc1nnc(-c2cccs2)n1C[C@H]1CCCO1)N(C1CCCCC1)C1CCCCC1. The number of carbonyl (C=O) groups excluding carboxylic acids is 1. The molecule has 33 heavy (non-hydrogen) atoms. The third-order valence-corrected chi connectivity index (χ3v) is 9.23. The fourth-order valence-corrected chi connectivity index (χ4v) is 7.30. The lowest BCUT2D eigenvalue weighted by atomic mass is 9.88. The third kappa shape index (κ3) is 5.65. The monoisotopic (exact) mass is 488 g/mol. The van der Waals surface area contributed by atoms with Crippen molar-refractivity contribution in [2.45, 2.75) is 107 Å². The molecule has 0 spiro atoms. The first-order valence-corrected chi connectivity index (χ1v) is 14.7. The summed E-state index contributed by atoms with van der Waals surface area (Å²) in [5, 5.41) is 12.0. The van der Waals surface area contributed by atoms with Crippen molar-refractivity contribution in [1.29, 1.82) is 0 Å². The van der Waals surface area contributed by atoms with Crippen molar-refractivity contribution in [3.63, 3.8) is 0 Å². The van der Waals surface area contributed by atoms with E-state index in [1.165, 1.54) is 64.2 Å². The predicted molar refractivity (Wildman–Crippen MR) is 134 cm³/mol. The van der Waals surface area contributed by atoms with Crippen LogP contribution in [-0.2, 0) is 16.1 Å². The summed E-state index contributed by atoms with van der Waals surface area (Å²) in [6.07, 6.45) is 14.7. The summed E-state index contributed by atoms with van der Waals surface area (Å²) in [5.41, 5.74) is 0. The van der Waals surface area contributed by atoms with Crippen LogP contribution < -0.4 is 0 Å². The number of thiophene rings is 1. The van der Waals surface area contributed by atoms with Gasteiger partial charge in [-0.25, -0.2) is 0 Å². The quantitative estimate of drug-likeness (QED) is 0.441. The van der Waals surface area contributed by atoms with Gasteiger partial charge in [-0.3, -0.25) is 9.36 Å². The minimum absolute atomic E-state index is 0.204. The minimum Gasteiger partial charge on any atom is -0.376 e. The Kier molecular flexibility index (Phi) is 8.05. The van der Waals surface area contributed by atoms with Crippen molar-refractivity contribution in [2.24, 2.45) is 0 Å². The zero-order valence-corrected chi connectivity index (χ0v) is 21.1. The molecule has 1 aliphatic heterocycles. The van der Waals surface area contributed by atoms with Crippen molar-refractivity contribution in [2.75, 3.05) is 12.4 Å². The number of aromatic nitrogens is 3. The van der Waals surface area contributed by atoms with Crippen LogP contribution in [0.2, 0.25) is 0 Å². The minimum atomic E-state index is 0.204. The highest BCUT2D eigenvalue weighted by atomic mass is 32.2. The Labute approximate surface area is 205 Å². The summed E-state index contributed by atoms with van der Waals surface area (Å²) in [4.78, 5) is 17.1. The summed E-state index contributed by atoms with van der Waals surface area (Å²) in [6.45, 7) is 1.59. The number of carbonyl (C=O) groups is 1. The van der Waals surface area contributed by atoms with Crippen molar-refractivity contribution in [3.05, 3.63) is 17.5 Å². The summed E-state index contributed by atoms with van der Waals surface area (Å²) in [5.74, 6) is 1.64. The fourth-order valence-electron chi connectivity index (χ4n) is 5.76. The Balaban J connectivity index is 1.31. The summed E-state index contributed by atoms with van der Waals surface area (Å²) in [7, 11) is 0. The molecule has 8 heteroatoms. The highest BCUT2D eigenvalue weighted by Gasteiger charge is 2.33. The lowest BCUT2D eigenvalue weighted by Gasteiger charge is -2.41. The number of rotatable bonds is 8. The van der Waals surface area contributed by atoms with Gasteiger partial charge >= 0.3 is 0 Å². The molecule has 2 saturated carbocycles. The molecular formula is C25H36N4O2S2. The van der Waals surface area contributed by atoms with Crippen molar-refractivity contribution in [1.82, 2.24) is 19.7 Å². The van der Waals surface area contributed by atoms with E-state index in [1.807, 2.05) is 6.07 Å². The molecule has 2 aromatic heterocycles. The summed E-state index contributed by atoms with van der Waals surface area (Å²) in [6, 6.07) is 5.00. The average molecular weight is 489 g/mol. The van der Waals surface area contributed by atoms with Crippen LogP contribution in [0.1, 0.15) is 77.0 Å². The molecule has 3 fully saturated rings. The van der Waals surface area contributed by atoms with Crippen LogP contribution in [-0.4, -0.2) is 56.1 Å². The lowest BCUT2D eigenvalue weighted by Crippen LogP contribution is -2.49. The third-order valence-electron chi connectivity index (χ3n) is 7.42. The molecule has 180 valence electrons. The molecular weight excluding hydrogens is 452 g/mol. The van der Waals surface area contributed by atoms with E-state index in [-0.39, 0.29) is 6.10 Å². The maximum absolute atomic E-state index is 13.6. The molecule has 3 heterocycles. The van der Waals surface area contributed by atoms with E-state index in [1.54, 1.807) is 23.1 Å². The lowest BCUT2D eigenvalue weighted by molar-refractivity contribution is -0.135. The second-order valence-corrected chi connectivity index (χ2v) is 11.6. The first-order valence-electron chi connectivity index (χ1n) is 12.8. The molecule has 0 unspecified atom stereocenters. The van der Waals surface area contributed by atoms with Crippen LogP contribution in [0.3, 0.4) is 0 Å². The first kappa shape index (κ1) is 23.4. The van der Waals surface area contributed by atoms with E-state index >= 15 is 0 Å². The number of hydrogen-bond donors (Lipinski definition) is 0. The van der Waals surface area contributed by atoms with Gasteiger partial charge < -0.3 is 9.64 Å². The van der Waals surface area contributed by atoms with E-state index in [0.717, 1.165) is 41.9 Å². The normalized spacial score (nSPS) is 22.6. The highest BCUT2D eigenvalue weighted by molar-refractivity contribution is 7.99. The molecule has 0 N–H and O–H groups in total. The number of nitrogens with zero attached hydrogens (tertiary/aromatic N) is 4. The molecule has 0 radical (unpaired) electrons. The smallest absolute Gasteiger partial charge is 0.233 e. The highest BCUT2D eigenvalue weighted by Crippen LogP contribution is 2.33. The van der Waals surface area contributed by atoms with Crippen LogP contribution in [0.15, 0.2) is 22.7 Å². The van der Waals surface area contributed by atoms with E-state index in [2.05, 4.69) is 31.1 Å². The molecule has 0 bridgehead atoms. The van der Waals surface area contributed by atoms with Crippen LogP contribution in [0.5, 0.6) is 0 Å². The zero-order valence-electron chi connectivity index (χ0n) is 19.5. The fraction of sp³-hybridized carbons (Fsp3) is 0.720. The molecule has 6 nitrogen and oxygen atoms in total. The first-order chi connectivity index (χ1) is 16.3. The van der Waals surface area contributed by atoms with E-state index in [4.69, 9.17) is 4.74 Å². The van der Waals surface area contributed by atoms with Gasteiger partial charge in [-0.2, -0.15) is 0 Å². The standard InChI is InChI=1S/C25H36N4O2S2/c30-23(29(19-9-3-1-4-10-19)20-11-5-2-6-12-20)18-33-25-27-26-24(22-14-8-16-32-22)28(25)17-21-13-7-15-31-21/h8,14,16,19-21H,1-7,9-13,15,17-18H2/t21-/m1/s1. The molecule has 1 atom stereocenters. The van der Waals surface area contributed by atoms with Gasteiger partial charge in [0.1, 0.15) is 0 Å². The number of amides is 1. The number of ether oxygens (including phenoxy) is 1. The topological polar surface area (TPSA) is 60.3 Å². The van der Waals surface area contributed by atoms with E-state index < -0.39 is 0 Å². The largest absolute Gasteiger partial charge is 0.376 e. The van der Waals surface area contributed by atoms with Gasteiger partial charge in [-0.05, 0) is 50.0 Å². The van der Waals surface area contributed by atoms with Crippen molar-refractivity contribution >= 4 is 29.0 Å². The van der Waals surface area contributed by atoms with Gasteiger partial charge in [0.15, 0.2) is 11.0 Å². The summed E-state index contributed by atoms with van der Waals surface area (Å²) >= 11 is 3.24. The molecule has 0 aromatic carbocycles. The second-order valence-electron chi connectivity index (χ2n) is 9.70. The second kappa shape index (κ2) is 11.4. The van der Waals surface area contributed by atoms with Gasteiger partial charge in [0.05, 0.1) is 23.3 Å². The van der Waals surface area contributed by atoms with Crippen molar-refractivity contribution < 1.29 is 9.53 Å². The van der Waals surface area contributed by atoms with Gasteiger partial charge in [0, 0.05) is 18.7 Å². The molecule has 1 amide bonds. The van der Waals surface area contributed by atoms with E-state index in [0.29, 0.717) is 23.7 Å².